The molecule has 3 rings (SSSR count). The Morgan fingerprint density at radius 2 is 2.00 bits per heavy atom. The van der Waals surface area contributed by atoms with E-state index in [4.69, 9.17) is 10.7 Å². The SMILES string of the molecule is CN(C)c1cccc(-c2cc3ncccc3c(NCCCN)n2)c1. The molecule has 0 aliphatic heterocycles. The summed E-state index contributed by atoms with van der Waals surface area (Å²) in [5.41, 5.74) is 9.67. The van der Waals surface area contributed by atoms with Gasteiger partial charge in [-0.3, -0.25) is 4.98 Å². The Balaban J connectivity index is 2.06. The Morgan fingerprint density at radius 3 is 2.79 bits per heavy atom. The van der Waals surface area contributed by atoms with E-state index in [1.807, 2.05) is 38.5 Å². The van der Waals surface area contributed by atoms with Crippen molar-refractivity contribution < 1.29 is 0 Å². The minimum Gasteiger partial charge on any atom is -0.378 e. The number of anilines is 2. The quantitative estimate of drug-likeness (QED) is 0.683. The van der Waals surface area contributed by atoms with E-state index in [9.17, 15) is 0 Å². The summed E-state index contributed by atoms with van der Waals surface area (Å²) in [6.07, 6.45) is 2.72. The maximum Gasteiger partial charge on any atom is 0.136 e. The van der Waals surface area contributed by atoms with Crippen LogP contribution >= 0.6 is 0 Å². The molecule has 1 aromatic carbocycles. The number of pyridine rings is 2. The topological polar surface area (TPSA) is 67.1 Å². The first kappa shape index (κ1) is 16.2. The van der Waals surface area contributed by atoms with E-state index in [1.165, 1.54) is 0 Å². The summed E-state index contributed by atoms with van der Waals surface area (Å²) >= 11 is 0. The van der Waals surface area contributed by atoms with E-state index in [-0.39, 0.29) is 0 Å². The van der Waals surface area contributed by atoms with Gasteiger partial charge < -0.3 is 16.0 Å². The molecule has 0 bridgehead atoms. The largest absolute Gasteiger partial charge is 0.378 e. The van der Waals surface area contributed by atoms with Crippen LogP contribution in [-0.2, 0) is 0 Å². The van der Waals surface area contributed by atoms with Crippen molar-refractivity contribution in [3.8, 4) is 11.3 Å². The van der Waals surface area contributed by atoms with Crippen molar-refractivity contribution in [3.63, 3.8) is 0 Å². The van der Waals surface area contributed by atoms with Crippen molar-refractivity contribution in [1.29, 1.82) is 0 Å². The van der Waals surface area contributed by atoms with Crippen molar-refractivity contribution in [3.05, 3.63) is 48.7 Å². The first-order chi connectivity index (χ1) is 11.7. The molecule has 0 saturated heterocycles. The fourth-order valence-electron chi connectivity index (χ4n) is 2.61. The van der Waals surface area contributed by atoms with Crippen molar-refractivity contribution in [2.45, 2.75) is 6.42 Å². The third-order valence-corrected chi connectivity index (χ3v) is 3.93. The monoisotopic (exact) mass is 321 g/mol. The van der Waals surface area contributed by atoms with Crippen LogP contribution in [0.2, 0.25) is 0 Å². The Hall–Kier alpha value is -2.66. The number of benzene rings is 1. The van der Waals surface area contributed by atoms with Crippen LogP contribution < -0.4 is 16.0 Å². The highest BCUT2D eigenvalue weighted by Crippen LogP contribution is 2.28. The van der Waals surface area contributed by atoms with E-state index >= 15 is 0 Å². The van der Waals surface area contributed by atoms with E-state index < -0.39 is 0 Å². The summed E-state index contributed by atoms with van der Waals surface area (Å²) in [5, 5.41) is 4.42. The van der Waals surface area contributed by atoms with Gasteiger partial charge in [0.1, 0.15) is 5.82 Å². The molecule has 3 aromatic rings. The molecule has 0 spiro atoms. The Bertz CT molecular complexity index is 829. The van der Waals surface area contributed by atoms with Crippen molar-refractivity contribution in [2.75, 3.05) is 37.4 Å². The second-order valence-electron chi connectivity index (χ2n) is 5.94. The average molecular weight is 321 g/mol. The summed E-state index contributed by atoms with van der Waals surface area (Å²) < 4.78 is 0. The zero-order chi connectivity index (χ0) is 16.9. The standard InChI is InChI=1S/C19H23N5/c1-24(2)15-7-3-6-14(12-15)17-13-18-16(8-4-10-21-18)19(23-17)22-11-5-9-20/h3-4,6-8,10,12-13H,5,9,11,20H2,1-2H3,(H,22,23). The van der Waals surface area contributed by atoms with Gasteiger partial charge in [-0.2, -0.15) is 0 Å². The second-order valence-corrected chi connectivity index (χ2v) is 5.94. The van der Waals surface area contributed by atoms with Crippen LogP contribution in [0.5, 0.6) is 0 Å². The van der Waals surface area contributed by atoms with Crippen LogP contribution in [0.3, 0.4) is 0 Å². The Kier molecular flexibility index (Phi) is 4.91. The smallest absolute Gasteiger partial charge is 0.136 e. The van der Waals surface area contributed by atoms with Gasteiger partial charge in [0.25, 0.3) is 0 Å². The average Bonchev–Trinajstić information content (AvgIpc) is 2.62. The van der Waals surface area contributed by atoms with E-state index in [1.54, 1.807) is 0 Å². The predicted molar refractivity (Wildman–Crippen MR) is 101 cm³/mol. The summed E-state index contributed by atoms with van der Waals surface area (Å²) in [6, 6.07) is 14.4. The molecule has 5 heteroatoms. The number of nitrogens with two attached hydrogens (primary N) is 1. The van der Waals surface area contributed by atoms with Gasteiger partial charge in [-0.25, -0.2) is 4.98 Å². The maximum absolute atomic E-state index is 5.59. The van der Waals surface area contributed by atoms with E-state index in [0.717, 1.165) is 46.6 Å². The lowest BCUT2D eigenvalue weighted by atomic mass is 10.1. The number of aromatic nitrogens is 2. The number of rotatable bonds is 6. The van der Waals surface area contributed by atoms with Crippen LogP contribution in [0, 0.1) is 0 Å². The first-order valence-electron chi connectivity index (χ1n) is 8.16. The molecule has 24 heavy (non-hydrogen) atoms. The van der Waals surface area contributed by atoms with Crippen molar-refractivity contribution in [2.24, 2.45) is 5.73 Å². The van der Waals surface area contributed by atoms with Crippen LogP contribution in [0.1, 0.15) is 6.42 Å². The molecule has 2 aromatic heterocycles. The Morgan fingerprint density at radius 1 is 1.12 bits per heavy atom. The van der Waals surface area contributed by atoms with E-state index in [2.05, 4.69) is 39.5 Å². The molecule has 2 heterocycles. The molecule has 0 atom stereocenters. The molecule has 0 fully saturated rings. The lowest BCUT2D eigenvalue weighted by Gasteiger charge is -2.15. The minimum absolute atomic E-state index is 0.660. The maximum atomic E-state index is 5.59. The highest BCUT2D eigenvalue weighted by molar-refractivity contribution is 5.92. The number of hydrogen-bond donors (Lipinski definition) is 2. The van der Waals surface area contributed by atoms with Crippen LogP contribution in [0.15, 0.2) is 48.7 Å². The minimum atomic E-state index is 0.660. The Labute approximate surface area is 142 Å². The zero-order valence-electron chi connectivity index (χ0n) is 14.2. The molecule has 0 radical (unpaired) electrons. The summed E-state index contributed by atoms with van der Waals surface area (Å²) in [6.45, 7) is 1.46. The molecule has 0 amide bonds. The highest BCUT2D eigenvalue weighted by Gasteiger charge is 2.09. The normalized spacial score (nSPS) is 10.8. The number of nitrogens with zero attached hydrogens (tertiary/aromatic N) is 3. The van der Waals surface area contributed by atoms with Gasteiger partial charge in [0, 0.05) is 43.5 Å². The van der Waals surface area contributed by atoms with Gasteiger partial charge in [0.05, 0.1) is 11.2 Å². The molecule has 5 nitrogen and oxygen atoms in total. The van der Waals surface area contributed by atoms with Crippen molar-refractivity contribution in [1.82, 2.24) is 9.97 Å². The third-order valence-electron chi connectivity index (χ3n) is 3.93. The summed E-state index contributed by atoms with van der Waals surface area (Å²) in [4.78, 5) is 11.4. The lowest BCUT2D eigenvalue weighted by Crippen LogP contribution is -2.10. The third kappa shape index (κ3) is 3.46. The molecule has 124 valence electrons. The second kappa shape index (κ2) is 7.27. The fraction of sp³-hybridized carbons (Fsp3) is 0.263. The predicted octanol–water partition coefficient (Wildman–Crippen LogP) is 3.12. The first-order valence-corrected chi connectivity index (χ1v) is 8.16. The van der Waals surface area contributed by atoms with Crippen LogP contribution in [0.4, 0.5) is 11.5 Å². The van der Waals surface area contributed by atoms with Gasteiger partial charge in [-0.15, -0.1) is 0 Å². The molecule has 0 saturated carbocycles. The van der Waals surface area contributed by atoms with Crippen molar-refractivity contribution >= 4 is 22.4 Å². The lowest BCUT2D eigenvalue weighted by molar-refractivity contribution is 0.871. The van der Waals surface area contributed by atoms with Gasteiger partial charge >= 0.3 is 0 Å². The van der Waals surface area contributed by atoms with Gasteiger partial charge in [0.2, 0.25) is 0 Å². The fourth-order valence-corrected chi connectivity index (χ4v) is 2.61. The molecule has 0 aliphatic rings. The van der Waals surface area contributed by atoms with Crippen LogP contribution in [0.25, 0.3) is 22.2 Å². The zero-order valence-corrected chi connectivity index (χ0v) is 14.2. The number of fused-ring (bicyclic) bond motifs is 1. The molecule has 3 N–H and O–H groups in total. The number of nitrogens with one attached hydrogen (secondary N) is 1. The van der Waals surface area contributed by atoms with Gasteiger partial charge in [-0.1, -0.05) is 12.1 Å². The van der Waals surface area contributed by atoms with Crippen LogP contribution in [-0.4, -0.2) is 37.2 Å². The molecule has 0 unspecified atom stereocenters. The van der Waals surface area contributed by atoms with Gasteiger partial charge in [-0.05, 0) is 43.3 Å². The highest BCUT2D eigenvalue weighted by atomic mass is 15.1. The van der Waals surface area contributed by atoms with E-state index in [0.29, 0.717) is 6.54 Å². The molecule has 0 aliphatic carbocycles. The summed E-state index contributed by atoms with van der Waals surface area (Å²) in [7, 11) is 4.07. The molecular formula is C19H23N5. The summed E-state index contributed by atoms with van der Waals surface area (Å²) in [5.74, 6) is 0.860. The molecular weight excluding hydrogens is 298 g/mol. The number of hydrogen-bond acceptors (Lipinski definition) is 5. The van der Waals surface area contributed by atoms with Gasteiger partial charge in [0.15, 0.2) is 0 Å².